The van der Waals surface area contributed by atoms with Gasteiger partial charge in [-0.25, -0.2) is 4.98 Å². The van der Waals surface area contributed by atoms with Gasteiger partial charge in [0.15, 0.2) is 0 Å². The molecule has 0 aliphatic carbocycles. The van der Waals surface area contributed by atoms with E-state index in [0.717, 1.165) is 21.9 Å². The number of pyridine rings is 1. The largest absolute Gasteiger partial charge is 0.438 e. The quantitative estimate of drug-likeness (QED) is 0.622. The SMILES string of the molecule is Cc1cc(Cl)c(C(C)C)cc1Oc1ncc(Cl)cc1Br. The van der Waals surface area contributed by atoms with Crippen LogP contribution in [0.1, 0.15) is 30.9 Å². The van der Waals surface area contributed by atoms with E-state index in [1.165, 1.54) is 0 Å². The molecule has 1 aromatic carbocycles. The zero-order valence-electron chi connectivity index (χ0n) is 11.4. The molecule has 5 heteroatoms. The molecule has 0 bridgehead atoms. The molecule has 0 amide bonds. The van der Waals surface area contributed by atoms with Gasteiger partial charge in [-0.15, -0.1) is 0 Å². The van der Waals surface area contributed by atoms with Gasteiger partial charge in [0, 0.05) is 11.2 Å². The first kappa shape index (κ1) is 15.6. The van der Waals surface area contributed by atoms with Gasteiger partial charge in [-0.2, -0.15) is 0 Å². The summed E-state index contributed by atoms with van der Waals surface area (Å²) in [4.78, 5) is 4.18. The minimum atomic E-state index is 0.326. The first-order valence-corrected chi connectivity index (χ1v) is 7.72. The fraction of sp³-hybridized carbons (Fsp3) is 0.267. The summed E-state index contributed by atoms with van der Waals surface area (Å²) in [5.74, 6) is 1.55. The molecule has 0 aliphatic heterocycles. The Hall–Kier alpha value is -0.770. The van der Waals surface area contributed by atoms with Crippen molar-refractivity contribution in [2.75, 3.05) is 0 Å². The van der Waals surface area contributed by atoms with Gasteiger partial charge >= 0.3 is 0 Å². The smallest absolute Gasteiger partial charge is 0.233 e. The summed E-state index contributed by atoms with van der Waals surface area (Å²) in [5.41, 5.74) is 2.01. The van der Waals surface area contributed by atoms with Crippen molar-refractivity contribution in [3.8, 4) is 11.6 Å². The maximum Gasteiger partial charge on any atom is 0.233 e. The fourth-order valence-corrected chi connectivity index (χ4v) is 2.96. The molecular weight excluding hydrogens is 361 g/mol. The zero-order valence-corrected chi connectivity index (χ0v) is 14.5. The molecule has 2 nitrogen and oxygen atoms in total. The number of nitrogens with zero attached hydrogens (tertiary/aromatic N) is 1. The Bertz CT molecular complexity index is 644. The summed E-state index contributed by atoms with van der Waals surface area (Å²) in [6.45, 7) is 6.14. The minimum absolute atomic E-state index is 0.326. The first-order valence-electron chi connectivity index (χ1n) is 6.17. The van der Waals surface area contributed by atoms with Crippen LogP contribution in [-0.4, -0.2) is 4.98 Å². The topological polar surface area (TPSA) is 22.1 Å². The molecule has 0 unspecified atom stereocenters. The van der Waals surface area contributed by atoms with E-state index in [9.17, 15) is 0 Å². The summed E-state index contributed by atoms with van der Waals surface area (Å²) >= 11 is 15.5. The van der Waals surface area contributed by atoms with Crippen LogP contribution in [0.5, 0.6) is 11.6 Å². The third-order valence-electron chi connectivity index (χ3n) is 2.90. The summed E-state index contributed by atoms with van der Waals surface area (Å²) < 4.78 is 6.58. The lowest BCUT2D eigenvalue weighted by atomic mass is 10.0. The molecule has 0 aliphatic rings. The van der Waals surface area contributed by atoms with E-state index in [1.807, 2.05) is 19.1 Å². The van der Waals surface area contributed by atoms with Crippen molar-refractivity contribution in [2.45, 2.75) is 26.7 Å². The van der Waals surface area contributed by atoms with Gasteiger partial charge in [-0.1, -0.05) is 37.0 Å². The predicted molar refractivity (Wildman–Crippen MR) is 87.3 cm³/mol. The second-order valence-corrected chi connectivity index (χ2v) is 6.53. The van der Waals surface area contributed by atoms with Crippen molar-refractivity contribution < 1.29 is 4.74 Å². The zero-order chi connectivity index (χ0) is 14.9. The van der Waals surface area contributed by atoms with Crippen LogP contribution in [0.4, 0.5) is 0 Å². The van der Waals surface area contributed by atoms with E-state index < -0.39 is 0 Å². The van der Waals surface area contributed by atoms with Gasteiger partial charge in [0.1, 0.15) is 5.75 Å². The van der Waals surface area contributed by atoms with Crippen molar-refractivity contribution >= 4 is 39.1 Å². The second-order valence-electron chi connectivity index (χ2n) is 4.84. The number of ether oxygens (including phenoxy) is 1. The number of aryl methyl sites for hydroxylation is 1. The van der Waals surface area contributed by atoms with E-state index in [1.54, 1.807) is 12.3 Å². The Labute approximate surface area is 137 Å². The summed E-state index contributed by atoms with van der Waals surface area (Å²) in [6, 6.07) is 5.62. The molecule has 1 aromatic heterocycles. The van der Waals surface area contributed by atoms with Crippen LogP contribution < -0.4 is 4.74 Å². The average Bonchev–Trinajstić information content (AvgIpc) is 2.35. The predicted octanol–water partition coefficient (Wildman–Crippen LogP) is 6.38. The van der Waals surface area contributed by atoms with Gasteiger partial charge in [-0.3, -0.25) is 0 Å². The number of hydrogen-bond donors (Lipinski definition) is 0. The standard InChI is InChI=1S/C15H14BrCl2NO/c1-8(2)11-6-14(9(3)4-13(11)18)20-15-12(16)5-10(17)7-19-15/h4-8H,1-3H3. The highest BCUT2D eigenvalue weighted by molar-refractivity contribution is 9.10. The van der Waals surface area contributed by atoms with E-state index in [2.05, 4.69) is 34.8 Å². The Morgan fingerprint density at radius 1 is 1.20 bits per heavy atom. The van der Waals surface area contributed by atoms with E-state index in [4.69, 9.17) is 27.9 Å². The number of halogens is 3. The van der Waals surface area contributed by atoms with E-state index in [0.29, 0.717) is 21.3 Å². The molecule has 0 N–H and O–H groups in total. The van der Waals surface area contributed by atoms with Crippen molar-refractivity contribution in [1.82, 2.24) is 4.98 Å². The van der Waals surface area contributed by atoms with Crippen LogP contribution >= 0.6 is 39.1 Å². The van der Waals surface area contributed by atoms with Gasteiger partial charge in [0.05, 0.1) is 9.50 Å². The molecule has 106 valence electrons. The Morgan fingerprint density at radius 2 is 1.90 bits per heavy atom. The highest BCUT2D eigenvalue weighted by Crippen LogP contribution is 2.35. The van der Waals surface area contributed by atoms with E-state index >= 15 is 0 Å². The van der Waals surface area contributed by atoms with Crippen LogP contribution in [0.3, 0.4) is 0 Å². The molecule has 20 heavy (non-hydrogen) atoms. The number of benzene rings is 1. The lowest BCUT2D eigenvalue weighted by Gasteiger charge is -2.14. The lowest BCUT2D eigenvalue weighted by molar-refractivity contribution is 0.455. The van der Waals surface area contributed by atoms with Gasteiger partial charge < -0.3 is 4.74 Å². The third kappa shape index (κ3) is 3.46. The molecule has 0 saturated carbocycles. The van der Waals surface area contributed by atoms with Crippen LogP contribution in [0.2, 0.25) is 10.0 Å². The van der Waals surface area contributed by atoms with Crippen molar-refractivity contribution in [2.24, 2.45) is 0 Å². The average molecular weight is 375 g/mol. The molecule has 1 heterocycles. The summed E-state index contributed by atoms with van der Waals surface area (Å²) in [5, 5.41) is 1.31. The van der Waals surface area contributed by atoms with Gasteiger partial charge in [0.25, 0.3) is 0 Å². The highest BCUT2D eigenvalue weighted by atomic mass is 79.9. The minimum Gasteiger partial charge on any atom is -0.438 e. The Kier molecular flexibility index (Phi) is 4.95. The maximum absolute atomic E-state index is 6.25. The second kappa shape index (κ2) is 6.33. The number of hydrogen-bond acceptors (Lipinski definition) is 2. The Balaban J connectivity index is 2.40. The lowest BCUT2D eigenvalue weighted by Crippen LogP contribution is -1.96. The molecule has 0 radical (unpaired) electrons. The summed E-state index contributed by atoms with van der Waals surface area (Å²) in [7, 11) is 0. The molecular formula is C15H14BrCl2NO. The molecule has 2 rings (SSSR count). The molecule has 0 fully saturated rings. The maximum atomic E-state index is 6.25. The number of rotatable bonds is 3. The molecule has 0 atom stereocenters. The molecule has 2 aromatic rings. The molecule has 0 spiro atoms. The number of aromatic nitrogens is 1. The summed E-state index contributed by atoms with van der Waals surface area (Å²) in [6.07, 6.45) is 1.55. The van der Waals surface area contributed by atoms with Crippen LogP contribution in [0.25, 0.3) is 0 Å². The fourth-order valence-electron chi connectivity index (χ4n) is 1.80. The van der Waals surface area contributed by atoms with Crippen molar-refractivity contribution in [3.05, 3.63) is 50.0 Å². The van der Waals surface area contributed by atoms with Gasteiger partial charge in [0.2, 0.25) is 5.88 Å². The molecule has 0 saturated heterocycles. The Morgan fingerprint density at radius 3 is 2.50 bits per heavy atom. The van der Waals surface area contributed by atoms with Gasteiger partial charge in [-0.05, 0) is 58.1 Å². The van der Waals surface area contributed by atoms with Crippen LogP contribution in [0, 0.1) is 6.92 Å². The van der Waals surface area contributed by atoms with Crippen LogP contribution in [-0.2, 0) is 0 Å². The highest BCUT2D eigenvalue weighted by Gasteiger charge is 2.12. The van der Waals surface area contributed by atoms with Crippen LogP contribution in [0.15, 0.2) is 28.9 Å². The third-order valence-corrected chi connectivity index (χ3v) is 4.00. The van der Waals surface area contributed by atoms with E-state index in [-0.39, 0.29) is 0 Å². The van der Waals surface area contributed by atoms with Crippen molar-refractivity contribution in [1.29, 1.82) is 0 Å². The first-order chi connectivity index (χ1) is 9.38. The van der Waals surface area contributed by atoms with Crippen molar-refractivity contribution in [3.63, 3.8) is 0 Å². The monoisotopic (exact) mass is 373 g/mol. The normalized spacial score (nSPS) is 10.9.